The summed E-state index contributed by atoms with van der Waals surface area (Å²) in [7, 11) is 0. The molecule has 2 aromatic rings. The van der Waals surface area contributed by atoms with Crippen molar-refractivity contribution >= 4 is 17.4 Å². The fourth-order valence-corrected chi connectivity index (χ4v) is 1.81. The van der Waals surface area contributed by atoms with Crippen LogP contribution in [0.1, 0.15) is 21.5 Å². The van der Waals surface area contributed by atoms with Gasteiger partial charge in [0.1, 0.15) is 11.6 Å². The Hall–Kier alpha value is -2.83. The second-order valence-corrected chi connectivity index (χ2v) is 4.55. The Morgan fingerprint density at radius 3 is 2.67 bits per heavy atom. The molecule has 0 aliphatic carbocycles. The Morgan fingerprint density at radius 1 is 1.33 bits per heavy atom. The molecule has 1 N–H and O–H groups in total. The number of pyridine rings is 1. The highest BCUT2D eigenvalue weighted by molar-refractivity contribution is 6.04. The van der Waals surface area contributed by atoms with Crippen LogP contribution in [-0.4, -0.2) is 15.8 Å². The molecule has 1 amide bonds. The first-order valence-corrected chi connectivity index (χ1v) is 6.07. The summed E-state index contributed by atoms with van der Waals surface area (Å²) in [6.07, 6.45) is 1.50. The number of nitrogens with one attached hydrogen (secondary N) is 1. The van der Waals surface area contributed by atoms with E-state index in [4.69, 9.17) is 0 Å². The fraction of sp³-hybridized carbons (Fsp3) is 0.143. The van der Waals surface area contributed by atoms with E-state index in [1.54, 1.807) is 12.1 Å². The molecule has 1 aromatic carbocycles. The zero-order valence-electron chi connectivity index (χ0n) is 11.4. The molecule has 0 spiro atoms. The van der Waals surface area contributed by atoms with Gasteiger partial charge in [-0.25, -0.2) is 9.37 Å². The average Bonchev–Trinajstić information content (AvgIpc) is 2.41. The van der Waals surface area contributed by atoms with E-state index in [-0.39, 0.29) is 22.6 Å². The van der Waals surface area contributed by atoms with Crippen LogP contribution in [-0.2, 0) is 0 Å². The maximum absolute atomic E-state index is 14.0. The van der Waals surface area contributed by atoms with Gasteiger partial charge in [-0.3, -0.25) is 14.9 Å². The molecular weight excluding hydrogens is 277 g/mol. The molecule has 0 atom stereocenters. The lowest BCUT2D eigenvalue weighted by Crippen LogP contribution is -2.15. The van der Waals surface area contributed by atoms with E-state index in [1.165, 1.54) is 13.1 Å². The van der Waals surface area contributed by atoms with Crippen molar-refractivity contribution in [1.29, 1.82) is 0 Å². The summed E-state index contributed by atoms with van der Waals surface area (Å²) in [4.78, 5) is 26.1. The minimum Gasteiger partial charge on any atom is -0.306 e. The van der Waals surface area contributed by atoms with E-state index in [0.29, 0.717) is 0 Å². The predicted molar refractivity (Wildman–Crippen MR) is 74.7 cm³/mol. The Kier molecular flexibility index (Phi) is 3.93. The molecule has 0 unspecified atom stereocenters. The van der Waals surface area contributed by atoms with Crippen LogP contribution in [0.5, 0.6) is 0 Å². The van der Waals surface area contributed by atoms with Gasteiger partial charge >= 0.3 is 0 Å². The van der Waals surface area contributed by atoms with Crippen molar-refractivity contribution in [1.82, 2.24) is 4.98 Å². The fourth-order valence-electron chi connectivity index (χ4n) is 1.81. The quantitative estimate of drug-likeness (QED) is 0.695. The third-order valence-electron chi connectivity index (χ3n) is 2.85. The number of hydrogen-bond acceptors (Lipinski definition) is 4. The van der Waals surface area contributed by atoms with Gasteiger partial charge in [0.15, 0.2) is 0 Å². The molecule has 0 aliphatic heterocycles. The van der Waals surface area contributed by atoms with E-state index in [2.05, 4.69) is 10.3 Å². The third-order valence-corrected chi connectivity index (χ3v) is 2.85. The lowest BCUT2D eigenvalue weighted by molar-refractivity contribution is -0.385. The van der Waals surface area contributed by atoms with Crippen LogP contribution in [0.25, 0.3) is 0 Å². The number of benzene rings is 1. The highest BCUT2D eigenvalue weighted by Gasteiger charge is 2.20. The first-order chi connectivity index (χ1) is 9.88. The molecule has 0 fully saturated rings. The molecule has 1 aromatic heterocycles. The van der Waals surface area contributed by atoms with Gasteiger partial charge in [-0.05, 0) is 37.1 Å². The lowest BCUT2D eigenvalue weighted by Gasteiger charge is -2.07. The first kappa shape index (κ1) is 14.6. The molecule has 0 radical (unpaired) electrons. The van der Waals surface area contributed by atoms with Crippen molar-refractivity contribution in [2.45, 2.75) is 13.8 Å². The smallest absolute Gasteiger partial charge is 0.270 e. The van der Waals surface area contributed by atoms with Crippen LogP contribution in [0.15, 0.2) is 30.5 Å². The third kappa shape index (κ3) is 3.19. The second kappa shape index (κ2) is 5.66. The molecule has 0 aliphatic rings. The number of non-ortho nitro benzene ring substituents is 1. The number of nitro benzene ring substituents is 1. The average molecular weight is 289 g/mol. The molecule has 2 rings (SSSR count). The van der Waals surface area contributed by atoms with Gasteiger partial charge < -0.3 is 5.32 Å². The van der Waals surface area contributed by atoms with Gasteiger partial charge in [0.2, 0.25) is 0 Å². The molecule has 0 saturated carbocycles. The van der Waals surface area contributed by atoms with Crippen LogP contribution in [0.4, 0.5) is 15.9 Å². The summed E-state index contributed by atoms with van der Waals surface area (Å²) < 4.78 is 14.0. The summed E-state index contributed by atoms with van der Waals surface area (Å²) in [6, 6.07) is 5.35. The van der Waals surface area contributed by atoms with E-state index in [0.717, 1.165) is 17.7 Å². The number of aryl methyl sites for hydroxylation is 2. The molecule has 0 bridgehead atoms. The number of nitrogens with zero attached hydrogens (tertiary/aromatic N) is 2. The van der Waals surface area contributed by atoms with Crippen molar-refractivity contribution in [2.75, 3.05) is 5.32 Å². The standard InChI is InChI=1S/C14H12FN3O3/c1-8-3-4-16-12(5-8)17-14(19)11-7-10(18(20)21)6-9(2)13(11)15/h3-7H,1-2H3,(H,16,17,19). The number of carbonyl (C=O) groups is 1. The van der Waals surface area contributed by atoms with Crippen LogP contribution in [0.3, 0.4) is 0 Å². The normalized spacial score (nSPS) is 10.2. The highest BCUT2D eigenvalue weighted by Crippen LogP contribution is 2.22. The zero-order valence-corrected chi connectivity index (χ0v) is 11.4. The number of amides is 1. The minimum absolute atomic E-state index is 0.0338. The van der Waals surface area contributed by atoms with Crippen LogP contribution >= 0.6 is 0 Å². The van der Waals surface area contributed by atoms with Crippen LogP contribution in [0, 0.1) is 29.8 Å². The predicted octanol–water partition coefficient (Wildman–Crippen LogP) is 3.00. The molecule has 6 nitrogen and oxygen atoms in total. The van der Waals surface area contributed by atoms with Crippen molar-refractivity contribution in [3.05, 3.63) is 63.1 Å². The number of hydrogen-bond donors (Lipinski definition) is 1. The molecule has 21 heavy (non-hydrogen) atoms. The minimum atomic E-state index is -0.786. The SMILES string of the molecule is Cc1ccnc(NC(=O)c2cc([N+](=O)[O-])cc(C)c2F)c1. The van der Waals surface area contributed by atoms with E-state index < -0.39 is 16.6 Å². The summed E-state index contributed by atoms with van der Waals surface area (Å²) in [5, 5.41) is 13.2. The van der Waals surface area contributed by atoms with Crippen LogP contribution in [0.2, 0.25) is 0 Å². The highest BCUT2D eigenvalue weighted by atomic mass is 19.1. The lowest BCUT2D eigenvalue weighted by atomic mass is 10.1. The monoisotopic (exact) mass is 289 g/mol. The maximum Gasteiger partial charge on any atom is 0.270 e. The van der Waals surface area contributed by atoms with Crippen LogP contribution < -0.4 is 5.32 Å². The van der Waals surface area contributed by atoms with Gasteiger partial charge in [0.25, 0.3) is 11.6 Å². The Morgan fingerprint density at radius 2 is 2.05 bits per heavy atom. The zero-order chi connectivity index (χ0) is 15.6. The Balaban J connectivity index is 2.37. The number of anilines is 1. The van der Waals surface area contributed by atoms with Gasteiger partial charge in [-0.1, -0.05) is 0 Å². The molecule has 0 saturated heterocycles. The second-order valence-electron chi connectivity index (χ2n) is 4.55. The summed E-state index contributed by atoms with van der Waals surface area (Å²) in [5.41, 5.74) is 0.184. The van der Waals surface area contributed by atoms with Gasteiger partial charge in [-0.15, -0.1) is 0 Å². The molecule has 108 valence electrons. The Labute approximate surface area is 119 Å². The molecule has 7 heteroatoms. The summed E-state index contributed by atoms with van der Waals surface area (Å²) in [6.45, 7) is 3.18. The van der Waals surface area contributed by atoms with Crippen molar-refractivity contribution in [2.24, 2.45) is 0 Å². The van der Waals surface area contributed by atoms with Gasteiger partial charge in [-0.2, -0.15) is 0 Å². The van der Waals surface area contributed by atoms with Crippen molar-refractivity contribution in [3.8, 4) is 0 Å². The number of carbonyl (C=O) groups excluding carboxylic acids is 1. The molecular formula is C14H12FN3O3. The number of halogens is 1. The number of nitro groups is 1. The number of rotatable bonds is 3. The van der Waals surface area contributed by atoms with Gasteiger partial charge in [0, 0.05) is 18.3 Å². The van der Waals surface area contributed by atoms with Crippen molar-refractivity contribution < 1.29 is 14.1 Å². The molecule has 1 heterocycles. The first-order valence-electron chi connectivity index (χ1n) is 6.07. The summed E-state index contributed by atoms with van der Waals surface area (Å²) >= 11 is 0. The van der Waals surface area contributed by atoms with E-state index in [1.807, 2.05) is 6.92 Å². The summed E-state index contributed by atoms with van der Waals surface area (Å²) in [5.74, 6) is -1.31. The van der Waals surface area contributed by atoms with Gasteiger partial charge in [0.05, 0.1) is 10.5 Å². The largest absolute Gasteiger partial charge is 0.306 e. The maximum atomic E-state index is 14.0. The van der Waals surface area contributed by atoms with E-state index in [9.17, 15) is 19.3 Å². The van der Waals surface area contributed by atoms with Crippen molar-refractivity contribution in [3.63, 3.8) is 0 Å². The number of aromatic nitrogens is 1. The van der Waals surface area contributed by atoms with E-state index >= 15 is 0 Å². The Bertz CT molecular complexity index is 731. The topological polar surface area (TPSA) is 85.1 Å².